The molecule has 0 saturated carbocycles. The highest BCUT2D eigenvalue weighted by molar-refractivity contribution is 7.86. The van der Waals surface area contributed by atoms with Gasteiger partial charge in [-0.1, -0.05) is 13.8 Å². The van der Waals surface area contributed by atoms with Crippen molar-refractivity contribution in [2.24, 2.45) is 11.8 Å². The smallest absolute Gasteiger partial charge is 0.281 e. The molecular formula is C11H24N2O3S. The number of aliphatic hydroxyl groups is 1. The summed E-state index contributed by atoms with van der Waals surface area (Å²) in [7, 11) is -1.77. The zero-order valence-electron chi connectivity index (χ0n) is 11.0. The van der Waals surface area contributed by atoms with Crippen molar-refractivity contribution in [1.82, 2.24) is 8.61 Å². The highest BCUT2D eigenvalue weighted by atomic mass is 32.2. The molecule has 1 N–H and O–H groups in total. The van der Waals surface area contributed by atoms with Gasteiger partial charge >= 0.3 is 0 Å². The van der Waals surface area contributed by atoms with E-state index >= 15 is 0 Å². The first-order chi connectivity index (χ1) is 7.87. The maximum absolute atomic E-state index is 12.3. The number of nitrogens with zero attached hydrogens (tertiary/aromatic N) is 2. The van der Waals surface area contributed by atoms with Crippen molar-refractivity contribution in [3.63, 3.8) is 0 Å². The SMILES string of the molecule is CC1CC(C)CN(S(=O)(=O)N(C)CCCO)C1. The molecule has 1 rings (SSSR count). The van der Waals surface area contributed by atoms with Crippen LogP contribution in [0.2, 0.25) is 0 Å². The lowest BCUT2D eigenvalue weighted by Gasteiger charge is -2.36. The minimum atomic E-state index is -3.34. The maximum atomic E-state index is 12.3. The Morgan fingerprint density at radius 1 is 1.29 bits per heavy atom. The first-order valence-electron chi connectivity index (χ1n) is 6.20. The predicted octanol–water partition coefficient (Wildman–Crippen LogP) is 0.523. The van der Waals surface area contributed by atoms with Crippen LogP contribution < -0.4 is 0 Å². The Bertz CT molecular complexity index is 322. The molecule has 0 aliphatic carbocycles. The average molecular weight is 264 g/mol. The van der Waals surface area contributed by atoms with Gasteiger partial charge in [0.1, 0.15) is 0 Å². The minimum Gasteiger partial charge on any atom is -0.396 e. The average Bonchev–Trinajstić information content (AvgIpc) is 2.24. The van der Waals surface area contributed by atoms with E-state index in [1.807, 2.05) is 0 Å². The molecule has 0 aromatic heterocycles. The first-order valence-corrected chi connectivity index (χ1v) is 7.60. The van der Waals surface area contributed by atoms with Crippen LogP contribution in [-0.2, 0) is 10.2 Å². The Kier molecular flexibility index (Phi) is 5.37. The fraction of sp³-hybridized carbons (Fsp3) is 1.00. The summed E-state index contributed by atoms with van der Waals surface area (Å²) in [5, 5.41) is 8.74. The van der Waals surface area contributed by atoms with Crippen molar-refractivity contribution in [2.45, 2.75) is 26.7 Å². The second-order valence-electron chi connectivity index (χ2n) is 5.17. The molecule has 1 fully saturated rings. The quantitative estimate of drug-likeness (QED) is 0.787. The molecule has 0 radical (unpaired) electrons. The van der Waals surface area contributed by atoms with E-state index in [-0.39, 0.29) is 6.61 Å². The monoisotopic (exact) mass is 264 g/mol. The lowest BCUT2D eigenvalue weighted by Crippen LogP contribution is -2.48. The number of rotatable bonds is 5. The minimum absolute atomic E-state index is 0.0205. The van der Waals surface area contributed by atoms with E-state index in [1.165, 1.54) is 4.31 Å². The molecular weight excluding hydrogens is 240 g/mol. The van der Waals surface area contributed by atoms with Gasteiger partial charge in [0.05, 0.1) is 0 Å². The van der Waals surface area contributed by atoms with Crippen LogP contribution in [0.3, 0.4) is 0 Å². The third-order valence-corrected chi connectivity index (χ3v) is 5.11. The topological polar surface area (TPSA) is 60.9 Å². The Hall–Kier alpha value is -0.170. The summed E-state index contributed by atoms with van der Waals surface area (Å²) >= 11 is 0. The second-order valence-corrected chi connectivity index (χ2v) is 7.20. The van der Waals surface area contributed by atoms with Crippen LogP contribution in [0, 0.1) is 11.8 Å². The molecule has 5 nitrogen and oxygen atoms in total. The van der Waals surface area contributed by atoms with Gasteiger partial charge in [-0.05, 0) is 24.7 Å². The molecule has 2 unspecified atom stereocenters. The zero-order chi connectivity index (χ0) is 13.1. The van der Waals surface area contributed by atoms with Crippen LogP contribution in [0.4, 0.5) is 0 Å². The second kappa shape index (κ2) is 6.13. The summed E-state index contributed by atoms with van der Waals surface area (Å²) in [6.07, 6.45) is 1.57. The fourth-order valence-electron chi connectivity index (χ4n) is 2.40. The van der Waals surface area contributed by atoms with Gasteiger partial charge in [0, 0.05) is 33.3 Å². The Balaban J connectivity index is 2.68. The van der Waals surface area contributed by atoms with E-state index in [0.29, 0.717) is 37.9 Å². The zero-order valence-corrected chi connectivity index (χ0v) is 11.8. The van der Waals surface area contributed by atoms with Gasteiger partial charge in [0.15, 0.2) is 0 Å². The summed E-state index contributed by atoms with van der Waals surface area (Å²) < 4.78 is 27.4. The molecule has 0 spiro atoms. The predicted molar refractivity (Wildman–Crippen MR) is 67.8 cm³/mol. The molecule has 2 atom stereocenters. The van der Waals surface area contributed by atoms with Crippen LogP contribution in [0.1, 0.15) is 26.7 Å². The van der Waals surface area contributed by atoms with Crippen molar-refractivity contribution in [3.8, 4) is 0 Å². The van der Waals surface area contributed by atoms with E-state index in [9.17, 15) is 8.42 Å². The molecule has 0 bridgehead atoms. The Morgan fingerprint density at radius 2 is 1.82 bits per heavy atom. The standard InChI is InChI=1S/C11H24N2O3S/c1-10-7-11(2)9-13(8-10)17(15,16)12(3)5-4-6-14/h10-11,14H,4-9H2,1-3H3. The molecule has 102 valence electrons. The van der Waals surface area contributed by atoms with Crippen molar-refractivity contribution in [2.75, 3.05) is 33.3 Å². The van der Waals surface area contributed by atoms with Gasteiger partial charge in [-0.15, -0.1) is 0 Å². The van der Waals surface area contributed by atoms with Crippen molar-refractivity contribution >= 4 is 10.2 Å². The van der Waals surface area contributed by atoms with Gasteiger partial charge in [-0.3, -0.25) is 0 Å². The number of piperidine rings is 1. The molecule has 0 aromatic rings. The molecule has 1 heterocycles. The van der Waals surface area contributed by atoms with Crippen LogP contribution >= 0.6 is 0 Å². The Morgan fingerprint density at radius 3 is 2.29 bits per heavy atom. The van der Waals surface area contributed by atoms with Crippen LogP contribution in [0.25, 0.3) is 0 Å². The summed E-state index contributed by atoms with van der Waals surface area (Å²) in [4.78, 5) is 0. The summed E-state index contributed by atoms with van der Waals surface area (Å²) in [5.41, 5.74) is 0. The number of aliphatic hydroxyl groups excluding tert-OH is 1. The fourth-order valence-corrected chi connectivity index (χ4v) is 4.04. The first kappa shape index (κ1) is 14.9. The van der Waals surface area contributed by atoms with Gasteiger partial charge < -0.3 is 5.11 Å². The molecule has 17 heavy (non-hydrogen) atoms. The van der Waals surface area contributed by atoms with E-state index in [0.717, 1.165) is 6.42 Å². The van der Waals surface area contributed by atoms with Crippen molar-refractivity contribution in [3.05, 3.63) is 0 Å². The summed E-state index contributed by atoms with van der Waals surface area (Å²) in [6, 6.07) is 0. The largest absolute Gasteiger partial charge is 0.396 e. The van der Waals surface area contributed by atoms with Gasteiger partial charge in [-0.25, -0.2) is 0 Å². The molecule has 1 aliphatic heterocycles. The van der Waals surface area contributed by atoms with Crippen molar-refractivity contribution < 1.29 is 13.5 Å². The summed E-state index contributed by atoms with van der Waals surface area (Å²) in [5.74, 6) is 0.833. The van der Waals surface area contributed by atoms with Gasteiger partial charge in [0.2, 0.25) is 0 Å². The Labute approximate surface area is 105 Å². The highest BCUT2D eigenvalue weighted by Gasteiger charge is 2.32. The third kappa shape index (κ3) is 3.91. The normalized spacial score (nSPS) is 27.6. The number of hydrogen-bond acceptors (Lipinski definition) is 3. The molecule has 1 aliphatic rings. The van der Waals surface area contributed by atoms with E-state index in [2.05, 4.69) is 13.8 Å². The highest BCUT2D eigenvalue weighted by Crippen LogP contribution is 2.24. The van der Waals surface area contributed by atoms with E-state index in [4.69, 9.17) is 5.11 Å². The van der Waals surface area contributed by atoms with Gasteiger partial charge in [-0.2, -0.15) is 17.0 Å². The van der Waals surface area contributed by atoms with E-state index in [1.54, 1.807) is 11.4 Å². The molecule has 0 amide bonds. The lowest BCUT2D eigenvalue weighted by molar-refractivity contribution is 0.209. The molecule has 1 saturated heterocycles. The van der Waals surface area contributed by atoms with Crippen LogP contribution in [0.5, 0.6) is 0 Å². The van der Waals surface area contributed by atoms with E-state index < -0.39 is 10.2 Å². The number of hydrogen-bond donors (Lipinski definition) is 1. The molecule has 6 heteroatoms. The van der Waals surface area contributed by atoms with Crippen LogP contribution in [0.15, 0.2) is 0 Å². The lowest BCUT2D eigenvalue weighted by atomic mass is 9.94. The summed E-state index contributed by atoms with van der Waals surface area (Å²) in [6.45, 7) is 5.79. The van der Waals surface area contributed by atoms with Crippen LogP contribution in [-0.4, -0.2) is 55.4 Å². The third-order valence-electron chi connectivity index (χ3n) is 3.19. The van der Waals surface area contributed by atoms with Crippen molar-refractivity contribution in [1.29, 1.82) is 0 Å². The molecule has 0 aromatic carbocycles. The maximum Gasteiger partial charge on any atom is 0.281 e. The van der Waals surface area contributed by atoms with Gasteiger partial charge in [0.25, 0.3) is 10.2 Å².